The molecule has 1 heterocycles. The summed E-state index contributed by atoms with van der Waals surface area (Å²) in [6, 6.07) is 5.32. The molecule has 0 unspecified atom stereocenters. The van der Waals surface area contributed by atoms with Crippen molar-refractivity contribution in [3.8, 4) is 5.75 Å². The smallest absolute Gasteiger partial charge is 0.260 e. The highest BCUT2D eigenvalue weighted by atomic mass is 16.5. The third-order valence-corrected chi connectivity index (χ3v) is 2.92. The van der Waals surface area contributed by atoms with Crippen LogP contribution < -0.4 is 10.5 Å². The zero-order chi connectivity index (χ0) is 13.0. The number of anilines is 1. The zero-order valence-corrected chi connectivity index (χ0v) is 10.6. The molecule has 2 rings (SSSR count). The summed E-state index contributed by atoms with van der Waals surface area (Å²) in [6.07, 6.45) is 4.98. The minimum atomic E-state index is -0.0547. The molecule has 2 N–H and O–H groups in total. The van der Waals surface area contributed by atoms with E-state index in [0.29, 0.717) is 30.2 Å². The topological polar surface area (TPSA) is 55.6 Å². The van der Waals surface area contributed by atoms with E-state index in [-0.39, 0.29) is 5.91 Å². The van der Waals surface area contributed by atoms with E-state index >= 15 is 0 Å². The molecule has 1 aliphatic heterocycles. The standard InChI is InChI=1S/C14H18N2O2/c1-2-18-12-8-6-7-11(15)13(12)14(17)16-9-4-3-5-10-16/h3-4,6-8H,2,5,9-10,15H2,1H3. The Hall–Kier alpha value is -1.97. The fourth-order valence-electron chi connectivity index (χ4n) is 2.04. The van der Waals surface area contributed by atoms with Gasteiger partial charge in [-0.25, -0.2) is 0 Å². The molecule has 0 saturated carbocycles. The molecule has 1 amide bonds. The lowest BCUT2D eigenvalue weighted by Gasteiger charge is -2.25. The van der Waals surface area contributed by atoms with Crippen LogP contribution in [-0.4, -0.2) is 30.5 Å². The monoisotopic (exact) mass is 246 g/mol. The third kappa shape index (κ3) is 2.47. The predicted octanol–water partition coefficient (Wildman–Crippen LogP) is 2.07. The van der Waals surface area contributed by atoms with Crippen molar-refractivity contribution in [2.45, 2.75) is 13.3 Å². The fourth-order valence-corrected chi connectivity index (χ4v) is 2.04. The van der Waals surface area contributed by atoms with E-state index in [1.165, 1.54) is 0 Å². The van der Waals surface area contributed by atoms with Crippen LogP contribution >= 0.6 is 0 Å². The van der Waals surface area contributed by atoms with Crippen LogP contribution in [0.25, 0.3) is 0 Å². The van der Waals surface area contributed by atoms with Gasteiger partial charge in [0.1, 0.15) is 11.3 Å². The van der Waals surface area contributed by atoms with Crippen molar-refractivity contribution in [2.24, 2.45) is 0 Å². The van der Waals surface area contributed by atoms with Gasteiger partial charge in [-0.15, -0.1) is 0 Å². The van der Waals surface area contributed by atoms with E-state index in [1.807, 2.05) is 13.0 Å². The molecule has 1 aromatic rings. The number of carbonyl (C=O) groups excluding carboxylic acids is 1. The van der Waals surface area contributed by atoms with E-state index in [9.17, 15) is 4.79 Å². The van der Waals surface area contributed by atoms with Crippen molar-refractivity contribution in [3.63, 3.8) is 0 Å². The van der Waals surface area contributed by atoms with Gasteiger partial charge >= 0.3 is 0 Å². The largest absolute Gasteiger partial charge is 0.493 e. The van der Waals surface area contributed by atoms with E-state index in [4.69, 9.17) is 10.5 Å². The number of benzene rings is 1. The predicted molar refractivity (Wildman–Crippen MR) is 71.7 cm³/mol. The van der Waals surface area contributed by atoms with Gasteiger partial charge in [-0.1, -0.05) is 18.2 Å². The lowest BCUT2D eigenvalue weighted by molar-refractivity contribution is 0.0768. The SMILES string of the molecule is CCOc1cccc(N)c1C(=O)N1CC=CCC1. The maximum atomic E-state index is 12.4. The number of hydrogen-bond donors (Lipinski definition) is 1. The van der Waals surface area contributed by atoms with Crippen LogP contribution in [0.4, 0.5) is 5.69 Å². The van der Waals surface area contributed by atoms with Gasteiger partial charge in [-0.3, -0.25) is 4.79 Å². The molecule has 1 aromatic carbocycles. The normalized spacial score (nSPS) is 14.6. The van der Waals surface area contributed by atoms with Crippen molar-refractivity contribution in [1.29, 1.82) is 0 Å². The van der Waals surface area contributed by atoms with Gasteiger partial charge in [0.15, 0.2) is 0 Å². The van der Waals surface area contributed by atoms with Crippen molar-refractivity contribution in [2.75, 3.05) is 25.4 Å². The molecular weight excluding hydrogens is 228 g/mol. The highest BCUT2D eigenvalue weighted by molar-refractivity contribution is 6.02. The average Bonchev–Trinajstić information content (AvgIpc) is 2.40. The van der Waals surface area contributed by atoms with Gasteiger partial charge in [0, 0.05) is 18.8 Å². The van der Waals surface area contributed by atoms with Crippen molar-refractivity contribution < 1.29 is 9.53 Å². The Labute approximate surface area is 107 Å². The molecule has 96 valence electrons. The van der Waals surface area contributed by atoms with Crippen molar-refractivity contribution in [1.82, 2.24) is 4.90 Å². The average molecular weight is 246 g/mol. The van der Waals surface area contributed by atoms with Crippen LogP contribution in [0.15, 0.2) is 30.4 Å². The third-order valence-electron chi connectivity index (χ3n) is 2.92. The number of nitrogens with zero attached hydrogens (tertiary/aromatic N) is 1. The van der Waals surface area contributed by atoms with Gasteiger partial charge in [-0.05, 0) is 25.5 Å². The van der Waals surface area contributed by atoms with Gasteiger partial charge < -0.3 is 15.4 Å². The van der Waals surface area contributed by atoms with Gasteiger partial charge in [0.05, 0.1) is 6.61 Å². The summed E-state index contributed by atoms with van der Waals surface area (Å²) in [5.74, 6) is 0.512. The van der Waals surface area contributed by atoms with Crippen LogP contribution in [0.5, 0.6) is 5.75 Å². The molecule has 0 fully saturated rings. The number of nitrogens with two attached hydrogens (primary N) is 1. The van der Waals surface area contributed by atoms with E-state index in [1.54, 1.807) is 23.1 Å². The van der Waals surface area contributed by atoms with Crippen molar-refractivity contribution >= 4 is 11.6 Å². The van der Waals surface area contributed by atoms with E-state index in [0.717, 1.165) is 13.0 Å². The Morgan fingerprint density at radius 2 is 2.28 bits per heavy atom. The summed E-state index contributed by atoms with van der Waals surface area (Å²) in [7, 11) is 0. The highest BCUT2D eigenvalue weighted by Crippen LogP contribution is 2.26. The zero-order valence-electron chi connectivity index (χ0n) is 10.6. The molecule has 0 saturated heterocycles. The quantitative estimate of drug-likeness (QED) is 0.656. The second kappa shape index (κ2) is 5.58. The Morgan fingerprint density at radius 3 is 2.94 bits per heavy atom. The summed E-state index contributed by atoms with van der Waals surface area (Å²) >= 11 is 0. The number of hydrogen-bond acceptors (Lipinski definition) is 3. The first kappa shape index (κ1) is 12.5. The van der Waals surface area contributed by atoms with Crippen LogP contribution in [0.1, 0.15) is 23.7 Å². The molecule has 0 radical (unpaired) electrons. The number of ether oxygens (including phenoxy) is 1. The lowest BCUT2D eigenvalue weighted by atomic mass is 10.1. The van der Waals surface area contributed by atoms with Gasteiger partial charge in [-0.2, -0.15) is 0 Å². The Balaban J connectivity index is 2.30. The van der Waals surface area contributed by atoms with Crippen LogP contribution in [0.2, 0.25) is 0 Å². The minimum Gasteiger partial charge on any atom is -0.493 e. The van der Waals surface area contributed by atoms with Crippen LogP contribution in [-0.2, 0) is 0 Å². The first-order chi connectivity index (χ1) is 8.74. The summed E-state index contributed by atoms with van der Waals surface area (Å²) < 4.78 is 5.48. The molecule has 0 atom stereocenters. The molecule has 0 aromatic heterocycles. The Morgan fingerprint density at radius 1 is 1.44 bits per heavy atom. The Kier molecular flexibility index (Phi) is 3.87. The molecule has 4 nitrogen and oxygen atoms in total. The number of carbonyl (C=O) groups is 1. The van der Waals surface area contributed by atoms with Crippen molar-refractivity contribution in [3.05, 3.63) is 35.9 Å². The molecular formula is C14H18N2O2. The maximum absolute atomic E-state index is 12.4. The number of amides is 1. The first-order valence-corrected chi connectivity index (χ1v) is 6.19. The number of rotatable bonds is 3. The molecule has 4 heteroatoms. The lowest BCUT2D eigenvalue weighted by Crippen LogP contribution is -2.34. The Bertz CT molecular complexity index is 469. The second-order valence-electron chi connectivity index (χ2n) is 4.16. The van der Waals surface area contributed by atoms with Crippen LogP contribution in [0, 0.1) is 0 Å². The summed E-state index contributed by atoms with van der Waals surface area (Å²) in [5, 5.41) is 0. The van der Waals surface area contributed by atoms with E-state index < -0.39 is 0 Å². The molecule has 0 spiro atoms. The fraction of sp³-hybridized carbons (Fsp3) is 0.357. The van der Waals surface area contributed by atoms with Gasteiger partial charge in [0.2, 0.25) is 0 Å². The van der Waals surface area contributed by atoms with Crippen LogP contribution in [0.3, 0.4) is 0 Å². The summed E-state index contributed by atoms with van der Waals surface area (Å²) in [5.41, 5.74) is 6.87. The first-order valence-electron chi connectivity index (χ1n) is 6.19. The second-order valence-corrected chi connectivity index (χ2v) is 4.16. The molecule has 0 bridgehead atoms. The minimum absolute atomic E-state index is 0.0547. The maximum Gasteiger partial charge on any atom is 0.260 e. The highest BCUT2D eigenvalue weighted by Gasteiger charge is 2.22. The van der Waals surface area contributed by atoms with Gasteiger partial charge in [0.25, 0.3) is 5.91 Å². The summed E-state index contributed by atoms with van der Waals surface area (Å²) in [4.78, 5) is 14.2. The van der Waals surface area contributed by atoms with E-state index in [2.05, 4.69) is 6.08 Å². The number of nitrogen functional groups attached to an aromatic ring is 1. The summed E-state index contributed by atoms with van der Waals surface area (Å²) in [6.45, 7) is 3.78. The molecule has 18 heavy (non-hydrogen) atoms. The molecule has 0 aliphatic carbocycles. The molecule has 1 aliphatic rings.